The molecule has 2 aliphatic rings. The fourth-order valence-corrected chi connectivity index (χ4v) is 7.36. The van der Waals surface area contributed by atoms with Gasteiger partial charge in [-0.15, -0.1) is 29.1 Å². The summed E-state index contributed by atoms with van der Waals surface area (Å²) in [7, 11) is 0. The molecule has 176 valence electrons. The van der Waals surface area contributed by atoms with E-state index in [0.717, 1.165) is 17.0 Å². The van der Waals surface area contributed by atoms with Crippen LogP contribution in [0.4, 0.5) is 5.13 Å². The van der Waals surface area contributed by atoms with E-state index in [1.165, 1.54) is 22.7 Å². The Kier molecular flexibility index (Phi) is 6.65. The highest BCUT2D eigenvalue weighted by molar-refractivity contribution is 7.16. The summed E-state index contributed by atoms with van der Waals surface area (Å²) in [5, 5.41) is 29.1. The van der Waals surface area contributed by atoms with Crippen molar-refractivity contribution in [3.05, 3.63) is 33.0 Å². The number of nitrogens with zero attached hydrogens (tertiary/aromatic N) is 1. The Morgan fingerprint density at radius 3 is 2.85 bits per heavy atom. The fraction of sp³-hybridized carbons (Fsp3) is 0.542. The maximum atomic E-state index is 12.7. The zero-order valence-corrected chi connectivity index (χ0v) is 20.4. The molecule has 0 aromatic carbocycles. The van der Waals surface area contributed by atoms with E-state index in [-0.39, 0.29) is 48.6 Å². The number of carbonyl (C=O) groups excluding carboxylic acids is 2. The molecule has 1 saturated carbocycles. The first kappa shape index (κ1) is 23.9. The summed E-state index contributed by atoms with van der Waals surface area (Å²) in [6, 6.07) is 3.58. The number of fused-ring (bicyclic) bond motifs is 2. The van der Waals surface area contributed by atoms with Gasteiger partial charge in [0.05, 0.1) is 29.8 Å². The van der Waals surface area contributed by atoms with Gasteiger partial charge in [0, 0.05) is 22.6 Å². The van der Waals surface area contributed by atoms with E-state index in [9.17, 15) is 19.8 Å². The molecule has 2 heterocycles. The lowest BCUT2D eigenvalue weighted by Crippen LogP contribution is -2.57. The second-order valence-corrected chi connectivity index (χ2v) is 11.5. The highest BCUT2D eigenvalue weighted by Gasteiger charge is 2.59. The topological polar surface area (TPSA) is 112 Å². The van der Waals surface area contributed by atoms with Crippen LogP contribution in [0.2, 0.25) is 0 Å². The summed E-state index contributed by atoms with van der Waals surface area (Å²) in [6.45, 7) is 4.09. The largest absolute Gasteiger partial charge is 0.396 e. The molecular formula is C24H29N3O4S2. The number of terminal acetylenes is 1. The van der Waals surface area contributed by atoms with Gasteiger partial charge in [-0.25, -0.2) is 4.98 Å². The van der Waals surface area contributed by atoms with Crippen LogP contribution in [0.1, 0.15) is 59.3 Å². The number of nitrogens with one attached hydrogen (secondary N) is 2. The molecule has 33 heavy (non-hydrogen) atoms. The maximum absolute atomic E-state index is 12.7. The Bertz CT molecular complexity index is 1080. The number of aliphatic hydroxyl groups excluding tert-OH is 2. The molecule has 0 radical (unpaired) electrons. The first-order valence-electron chi connectivity index (χ1n) is 11.1. The molecule has 0 aliphatic heterocycles. The zero-order valence-electron chi connectivity index (χ0n) is 18.8. The second-order valence-electron chi connectivity index (χ2n) is 9.48. The van der Waals surface area contributed by atoms with Gasteiger partial charge in [-0.2, -0.15) is 0 Å². The Hall–Kier alpha value is -2.25. The molecular weight excluding hydrogens is 458 g/mol. The predicted octanol–water partition coefficient (Wildman–Crippen LogP) is 3.01. The van der Waals surface area contributed by atoms with Crippen LogP contribution in [0.15, 0.2) is 17.5 Å². The van der Waals surface area contributed by atoms with E-state index in [4.69, 9.17) is 11.4 Å². The number of amides is 2. The van der Waals surface area contributed by atoms with Crippen molar-refractivity contribution >= 4 is 39.6 Å². The number of hydrogen-bond donors (Lipinski definition) is 4. The molecule has 1 fully saturated rings. The molecule has 2 aromatic rings. The fourth-order valence-electron chi connectivity index (χ4n) is 5.67. The molecule has 4 N–H and O–H groups in total. The van der Waals surface area contributed by atoms with Crippen LogP contribution in [0.5, 0.6) is 0 Å². The average Bonchev–Trinajstić information content (AvgIpc) is 3.46. The van der Waals surface area contributed by atoms with Crippen molar-refractivity contribution in [1.29, 1.82) is 0 Å². The van der Waals surface area contributed by atoms with E-state index in [0.29, 0.717) is 22.9 Å². The first-order chi connectivity index (χ1) is 15.7. The zero-order chi connectivity index (χ0) is 23.8. The molecule has 5 unspecified atom stereocenters. The lowest BCUT2D eigenvalue weighted by atomic mass is 9.47. The maximum Gasteiger partial charge on any atom is 0.267 e. The van der Waals surface area contributed by atoms with Crippen molar-refractivity contribution in [1.82, 2.24) is 10.3 Å². The SMILES string of the molecule is C#CCNC(=O)CC1c2nc(NC(=O)c3cccs3)sc2CC2C(C)(CO)C(O)CCC12C. The van der Waals surface area contributed by atoms with Crippen molar-refractivity contribution in [3.8, 4) is 12.3 Å². The van der Waals surface area contributed by atoms with Gasteiger partial charge in [0.15, 0.2) is 5.13 Å². The van der Waals surface area contributed by atoms with Gasteiger partial charge in [0.2, 0.25) is 5.91 Å². The van der Waals surface area contributed by atoms with Gasteiger partial charge in [-0.05, 0) is 42.0 Å². The summed E-state index contributed by atoms with van der Waals surface area (Å²) in [5.41, 5.74) is -0.212. The lowest BCUT2D eigenvalue weighted by Gasteiger charge is -2.58. The highest BCUT2D eigenvalue weighted by atomic mass is 32.1. The molecule has 4 rings (SSSR count). The summed E-state index contributed by atoms with van der Waals surface area (Å²) in [4.78, 5) is 31.7. The van der Waals surface area contributed by atoms with E-state index in [2.05, 4.69) is 23.5 Å². The normalized spacial score (nSPS) is 30.6. The Balaban J connectivity index is 1.71. The van der Waals surface area contributed by atoms with Gasteiger partial charge in [-0.3, -0.25) is 14.9 Å². The first-order valence-corrected chi connectivity index (χ1v) is 12.8. The van der Waals surface area contributed by atoms with Crippen LogP contribution >= 0.6 is 22.7 Å². The van der Waals surface area contributed by atoms with Crippen molar-refractivity contribution in [3.63, 3.8) is 0 Å². The van der Waals surface area contributed by atoms with Crippen LogP contribution in [0, 0.1) is 29.1 Å². The molecule has 0 saturated heterocycles. The Morgan fingerprint density at radius 2 is 2.18 bits per heavy atom. The average molecular weight is 488 g/mol. The van der Waals surface area contributed by atoms with E-state index in [1.807, 2.05) is 18.4 Å². The summed E-state index contributed by atoms with van der Waals surface area (Å²) in [5.74, 6) is 1.81. The third kappa shape index (κ3) is 4.21. The minimum Gasteiger partial charge on any atom is -0.396 e. The van der Waals surface area contributed by atoms with Crippen LogP contribution in [0.25, 0.3) is 0 Å². The minimum atomic E-state index is -0.692. The van der Waals surface area contributed by atoms with Crippen molar-refractivity contribution in [2.24, 2.45) is 16.7 Å². The predicted molar refractivity (Wildman–Crippen MR) is 129 cm³/mol. The van der Waals surface area contributed by atoms with Crippen LogP contribution < -0.4 is 10.6 Å². The smallest absolute Gasteiger partial charge is 0.267 e. The third-order valence-corrected chi connectivity index (χ3v) is 9.51. The van der Waals surface area contributed by atoms with Crippen molar-refractivity contribution < 1.29 is 19.8 Å². The summed E-state index contributed by atoms with van der Waals surface area (Å²) in [6.07, 6.45) is 6.80. The minimum absolute atomic E-state index is 0.0435. The van der Waals surface area contributed by atoms with Gasteiger partial charge in [0.25, 0.3) is 5.91 Å². The third-order valence-electron chi connectivity index (χ3n) is 7.64. The van der Waals surface area contributed by atoms with Crippen LogP contribution in [0.3, 0.4) is 0 Å². The molecule has 9 heteroatoms. The number of aliphatic hydroxyl groups is 2. The monoisotopic (exact) mass is 487 g/mol. The Labute approximate surface area is 201 Å². The molecule has 2 aromatic heterocycles. The number of anilines is 1. The molecule has 0 spiro atoms. The van der Waals surface area contributed by atoms with Crippen LogP contribution in [-0.4, -0.2) is 46.3 Å². The molecule has 0 bridgehead atoms. The summed E-state index contributed by atoms with van der Waals surface area (Å²) < 4.78 is 0. The number of carbonyl (C=O) groups is 2. The van der Waals surface area contributed by atoms with E-state index >= 15 is 0 Å². The quantitative estimate of drug-likeness (QED) is 0.468. The lowest BCUT2D eigenvalue weighted by molar-refractivity contribution is -0.144. The highest BCUT2D eigenvalue weighted by Crippen LogP contribution is 2.62. The second kappa shape index (κ2) is 9.18. The molecule has 5 atom stereocenters. The van der Waals surface area contributed by atoms with Gasteiger partial charge >= 0.3 is 0 Å². The van der Waals surface area contributed by atoms with E-state index < -0.39 is 11.5 Å². The number of thiazole rings is 1. The number of rotatable bonds is 6. The van der Waals surface area contributed by atoms with Gasteiger partial charge < -0.3 is 15.5 Å². The van der Waals surface area contributed by atoms with Crippen molar-refractivity contribution in [2.45, 2.75) is 51.6 Å². The van der Waals surface area contributed by atoms with Crippen molar-refractivity contribution in [2.75, 3.05) is 18.5 Å². The summed E-state index contributed by atoms with van der Waals surface area (Å²) >= 11 is 2.77. The van der Waals surface area contributed by atoms with Gasteiger partial charge in [-0.1, -0.05) is 25.8 Å². The number of aromatic nitrogens is 1. The van der Waals surface area contributed by atoms with E-state index in [1.54, 1.807) is 6.07 Å². The molecule has 2 aliphatic carbocycles. The molecule has 7 nitrogen and oxygen atoms in total. The molecule has 2 amide bonds. The van der Waals surface area contributed by atoms with Crippen LogP contribution in [-0.2, 0) is 11.2 Å². The number of thiophene rings is 1. The van der Waals surface area contributed by atoms with Gasteiger partial charge in [0.1, 0.15) is 0 Å². The standard InChI is InChI=1S/C24H29N3O4S2/c1-4-9-25-19(30)11-14-20-16(33-22(26-20)27-21(31)15-6-5-10-32-15)12-17-23(14,2)8-7-18(29)24(17,3)13-28/h1,5-6,10,14,17-18,28-29H,7-9,11-13H2,2-3H3,(H,25,30)(H,26,27,31). The number of hydrogen-bond acceptors (Lipinski definition) is 7. The Morgan fingerprint density at radius 1 is 1.39 bits per heavy atom.